The number of hydrogen-bond acceptors (Lipinski definition) is 3. The van der Waals surface area contributed by atoms with Gasteiger partial charge in [0.15, 0.2) is 0 Å². The summed E-state index contributed by atoms with van der Waals surface area (Å²) in [5, 5.41) is 0. The minimum atomic E-state index is -7.95. The Morgan fingerprint density at radius 2 is 0.875 bits per heavy atom. The first kappa shape index (κ1) is 30.4. The maximum atomic E-state index is 13.2. The highest BCUT2D eigenvalue weighted by Gasteiger charge is 2.83. The van der Waals surface area contributed by atoms with Crippen molar-refractivity contribution in [1.82, 2.24) is 0 Å². The van der Waals surface area contributed by atoms with Gasteiger partial charge in [0.25, 0.3) is 0 Å². The second-order valence-electron chi connectivity index (χ2n) is 5.43. The van der Waals surface area contributed by atoms with Crippen LogP contribution in [0.15, 0.2) is 12.7 Å². The average Bonchev–Trinajstić information content (AvgIpc) is 2.51. The van der Waals surface area contributed by atoms with Gasteiger partial charge >= 0.3 is 48.4 Å². The molecule has 0 N–H and O–H groups in total. The van der Waals surface area contributed by atoms with Crippen LogP contribution in [0.3, 0.4) is 0 Å². The van der Waals surface area contributed by atoms with Crippen molar-refractivity contribution in [3.8, 4) is 0 Å². The highest BCUT2D eigenvalue weighted by Crippen LogP contribution is 2.55. The number of alkyl halides is 17. The molecule has 0 aliphatic rings. The first-order valence-corrected chi connectivity index (χ1v) is 7.03. The highest BCUT2D eigenvalue weighted by atomic mass is 19.4. The summed E-state index contributed by atoms with van der Waals surface area (Å²) in [5.74, 6) is -21.6. The lowest BCUT2D eigenvalue weighted by atomic mass is 10.2. The summed E-state index contributed by atoms with van der Waals surface area (Å²) in [6.07, 6.45) is -36.8. The van der Waals surface area contributed by atoms with Crippen molar-refractivity contribution in [3.63, 3.8) is 0 Å². The minimum Gasteiger partial charge on any atom is -0.371 e. The Morgan fingerprint density at radius 3 is 1.22 bits per heavy atom. The van der Waals surface area contributed by atoms with Crippen molar-refractivity contribution in [2.24, 2.45) is 0 Å². The number of halogens is 17. The number of ether oxygens (including phenoxy) is 3. The molecule has 0 spiro atoms. The van der Waals surface area contributed by atoms with E-state index in [9.17, 15) is 74.6 Å². The molecule has 0 aliphatic carbocycles. The van der Waals surface area contributed by atoms with Gasteiger partial charge < -0.3 is 4.74 Å². The molecule has 0 amide bonds. The topological polar surface area (TPSA) is 27.7 Å². The molecule has 0 atom stereocenters. The van der Waals surface area contributed by atoms with Gasteiger partial charge in [-0.25, -0.2) is 9.47 Å². The molecule has 20 heteroatoms. The van der Waals surface area contributed by atoms with Crippen molar-refractivity contribution in [2.45, 2.75) is 48.4 Å². The van der Waals surface area contributed by atoms with E-state index in [1.54, 1.807) is 4.74 Å². The van der Waals surface area contributed by atoms with Gasteiger partial charge in [-0.05, 0) is 0 Å². The fourth-order valence-electron chi connectivity index (χ4n) is 1.28. The SMILES string of the molecule is C=CCOCC(F)(F)C(F)(F)OC(F)(F)C(F)(F)C(F)(F)OC(F)(F)C(F)(F)C(F)(F)F. The molecule has 32 heavy (non-hydrogen) atoms. The summed E-state index contributed by atoms with van der Waals surface area (Å²) < 4.78 is 224. The predicted octanol–water partition coefficient (Wildman–Crippen LogP) is 6.06. The monoisotopic (exact) mass is 522 g/mol. The second-order valence-corrected chi connectivity index (χ2v) is 5.43. The molecule has 0 aromatic heterocycles. The molecule has 0 radical (unpaired) electrons. The molecule has 0 fully saturated rings. The molecular weight excluding hydrogens is 515 g/mol. The van der Waals surface area contributed by atoms with Crippen LogP contribution in [0.2, 0.25) is 0 Å². The molecule has 0 saturated carbocycles. The molecular formula is C12H7F17O3. The number of rotatable bonds is 12. The maximum absolute atomic E-state index is 13.2. The molecule has 0 heterocycles. The lowest BCUT2D eigenvalue weighted by Crippen LogP contribution is -2.64. The van der Waals surface area contributed by atoms with E-state index in [0.29, 0.717) is 6.08 Å². The third-order valence-corrected chi connectivity index (χ3v) is 2.91. The van der Waals surface area contributed by atoms with Crippen molar-refractivity contribution in [1.29, 1.82) is 0 Å². The minimum absolute atomic E-state index is 0.632. The van der Waals surface area contributed by atoms with E-state index in [0.717, 1.165) is 0 Å². The highest BCUT2D eigenvalue weighted by molar-refractivity contribution is 4.92. The van der Waals surface area contributed by atoms with Gasteiger partial charge in [-0.1, -0.05) is 6.08 Å². The van der Waals surface area contributed by atoms with Gasteiger partial charge in [-0.2, -0.15) is 74.6 Å². The summed E-state index contributed by atoms with van der Waals surface area (Å²) in [4.78, 5) is 0. The fourth-order valence-corrected chi connectivity index (χ4v) is 1.28. The number of hydrogen-bond donors (Lipinski definition) is 0. The van der Waals surface area contributed by atoms with Crippen LogP contribution in [0, 0.1) is 0 Å². The molecule has 192 valence electrons. The van der Waals surface area contributed by atoms with Crippen molar-refractivity contribution < 1.29 is 88.8 Å². The summed E-state index contributed by atoms with van der Waals surface area (Å²) >= 11 is 0. The zero-order valence-corrected chi connectivity index (χ0v) is 14.3. The van der Waals surface area contributed by atoms with Crippen molar-refractivity contribution in [3.05, 3.63) is 12.7 Å². The summed E-state index contributed by atoms with van der Waals surface area (Å²) in [6, 6.07) is 0. The first-order chi connectivity index (χ1) is 13.7. The molecule has 0 rings (SSSR count). The zero-order chi connectivity index (χ0) is 26.2. The molecule has 0 saturated heterocycles. The first-order valence-electron chi connectivity index (χ1n) is 7.03. The van der Waals surface area contributed by atoms with E-state index in [1.807, 2.05) is 0 Å². The van der Waals surface area contributed by atoms with Crippen LogP contribution in [0.4, 0.5) is 74.6 Å². The Bertz CT molecular complexity index is 654. The van der Waals surface area contributed by atoms with E-state index >= 15 is 0 Å². The Hall–Kier alpha value is -1.57. The van der Waals surface area contributed by atoms with E-state index in [-0.39, 0.29) is 0 Å². The van der Waals surface area contributed by atoms with Crippen LogP contribution < -0.4 is 0 Å². The quantitative estimate of drug-likeness (QED) is 0.177. The predicted molar refractivity (Wildman–Crippen MR) is 63.9 cm³/mol. The summed E-state index contributed by atoms with van der Waals surface area (Å²) in [7, 11) is 0. The normalized spacial score (nSPS) is 15.8. The Labute approximate surface area is 164 Å². The van der Waals surface area contributed by atoms with Crippen LogP contribution in [-0.2, 0) is 14.2 Å². The van der Waals surface area contributed by atoms with E-state index in [2.05, 4.69) is 11.3 Å². The van der Waals surface area contributed by atoms with Crippen LogP contribution >= 0.6 is 0 Å². The Balaban J connectivity index is 5.96. The lowest BCUT2D eigenvalue weighted by molar-refractivity contribution is -0.542. The van der Waals surface area contributed by atoms with Gasteiger partial charge in [-0.15, -0.1) is 6.58 Å². The van der Waals surface area contributed by atoms with Crippen LogP contribution in [0.25, 0.3) is 0 Å². The average molecular weight is 522 g/mol. The molecule has 0 aromatic rings. The molecule has 0 bridgehead atoms. The van der Waals surface area contributed by atoms with Gasteiger partial charge in [0, 0.05) is 0 Å². The van der Waals surface area contributed by atoms with Crippen molar-refractivity contribution >= 4 is 0 Å². The van der Waals surface area contributed by atoms with Crippen LogP contribution in [0.1, 0.15) is 0 Å². The summed E-state index contributed by atoms with van der Waals surface area (Å²) in [6.45, 7) is -0.720. The van der Waals surface area contributed by atoms with E-state index in [1.165, 1.54) is 4.74 Å². The largest absolute Gasteiger partial charge is 0.462 e. The molecule has 0 unspecified atom stereocenters. The standard InChI is InChI=1S/C12H7F17O3/c1-2-3-30-4-5(13,14)9(22,23)31-11(26,27)7(17,18)12(28,29)32-10(24,25)6(15,16)8(19,20)21/h2H,1,3-4H2. The Kier molecular flexibility index (Phi) is 8.23. The fraction of sp³-hybridized carbons (Fsp3) is 0.833. The van der Waals surface area contributed by atoms with E-state index in [4.69, 9.17) is 0 Å². The third-order valence-electron chi connectivity index (χ3n) is 2.91. The molecule has 0 aromatic carbocycles. The van der Waals surface area contributed by atoms with E-state index < -0.39 is 61.6 Å². The zero-order valence-electron chi connectivity index (χ0n) is 14.3. The Morgan fingerprint density at radius 1 is 0.531 bits per heavy atom. The lowest BCUT2D eigenvalue weighted by Gasteiger charge is -2.37. The molecule has 0 aliphatic heterocycles. The van der Waals surface area contributed by atoms with Crippen LogP contribution in [-0.4, -0.2) is 61.6 Å². The van der Waals surface area contributed by atoms with Crippen LogP contribution in [0.5, 0.6) is 0 Å². The third kappa shape index (κ3) is 5.67. The second kappa shape index (κ2) is 8.65. The van der Waals surface area contributed by atoms with Gasteiger partial charge in [-0.3, -0.25) is 0 Å². The smallest absolute Gasteiger partial charge is 0.371 e. The molecule has 3 nitrogen and oxygen atoms in total. The maximum Gasteiger partial charge on any atom is 0.462 e. The van der Waals surface area contributed by atoms with Gasteiger partial charge in [0.1, 0.15) is 6.61 Å². The van der Waals surface area contributed by atoms with Gasteiger partial charge in [0.2, 0.25) is 0 Å². The summed E-state index contributed by atoms with van der Waals surface area (Å²) in [5.41, 5.74) is 0. The van der Waals surface area contributed by atoms with Gasteiger partial charge in [0.05, 0.1) is 6.61 Å². The van der Waals surface area contributed by atoms with Crippen molar-refractivity contribution in [2.75, 3.05) is 13.2 Å².